The molecule has 90 valence electrons. The van der Waals surface area contributed by atoms with Gasteiger partial charge in [-0.3, -0.25) is 4.79 Å². The van der Waals surface area contributed by atoms with E-state index in [9.17, 15) is 4.79 Å². The maximum atomic E-state index is 11.4. The number of rotatable bonds is 5. The minimum absolute atomic E-state index is 0.0492. The molecule has 0 aliphatic carbocycles. The molecule has 2 rings (SSSR count). The predicted molar refractivity (Wildman–Crippen MR) is 74.4 cm³/mol. The molecule has 0 saturated carbocycles. The summed E-state index contributed by atoms with van der Waals surface area (Å²) in [7, 11) is 0. The van der Waals surface area contributed by atoms with Crippen molar-refractivity contribution in [2.75, 3.05) is 6.54 Å². The Kier molecular flexibility index (Phi) is 4.53. The lowest BCUT2D eigenvalue weighted by Crippen LogP contribution is -2.25. The molecule has 3 nitrogen and oxygen atoms in total. The largest absolute Gasteiger partial charge is 0.314 e. The standard InChI is InChI=1S/C12H13BrN2OS/c13-11-5-4-10(17-11)9-14-6-8-15-7-2-1-3-12(15)16/h1-5,7,14H,6,8-9H2. The topological polar surface area (TPSA) is 34.0 Å². The second-order valence-corrected chi connectivity index (χ2v) is 6.16. The molecule has 0 unspecified atom stereocenters. The van der Waals surface area contributed by atoms with Crippen molar-refractivity contribution in [1.82, 2.24) is 9.88 Å². The van der Waals surface area contributed by atoms with Gasteiger partial charge in [-0.15, -0.1) is 11.3 Å². The van der Waals surface area contributed by atoms with Crippen LogP contribution < -0.4 is 10.9 Å². The molecule has 0 radical (unpaired) electrons. The normalized spacial score (nSPS) is 10.6. The summed E-state index contributed by atoms with van der Waals surface area (Å²) in [5.41, 5.74) is 0.0492. The Morgan fingerprint density at radius 2 is 2.18 bits per heavy atom. The van der Waals surface area contributed by atoms with E-state index in [4.69, 9.17) is 0 Å². The number of pyridine rings is 1. The third kappa shape index (κ3) is 3.80. The zero-order chi connectivity index (χ0) is 12.1. The monoisotopic (exact) mass is 312 g/mol. The van der Waals surface area contributed by atoms with Crippen LogP contribution in [0.1, 0.15) is 4.88 Å². The fourth-order valence-electron chi connectivity index (χ4n) is 1.50. The molecule has 0 aliphatic rings. The maximum absolute atomic E-state index is 11.4. The van der Waals surface area contributed by atoms with E-state index in [0.717, 1.165) is 16.9 Å². The summed E-state index contributed by atoms with van der Waals surface area (Å²) in [6, 6.07) is 9.35. The molecule has 0 aliphatic heterocycles. The summed E-state index contributed by atoms with van der Waals surface area (Å²) in [4.78, 5) is 12.7. The van der Waals surface area contributed by atoms with Gasteiger partial charge in [0.15, 0.2) is 0 Å². The van der Waals surface area contributed by atoms with E-state index in [2.05, 4.69) is 27.3 Å². The van der Waals surface area contributed by atoms with E-state index in [1.54, 1.807) is 28.0 Å². The van der Waals surface area contributed by atoms with Gasteiger partial charge in [0, 0.05) is 36.8 Å². The molecule has 0 atom stereocenters. The second kappa shape index (κ2) is 6.14. The molecule has 0 spiro atoms. The number of nitrogens with one attached hydrogen (secondary N) is 1. The van der Waals surface area contributed by atoms with Crippen LogP contribution in [0, 0.1) is 0 Å². The predicted octanol–water partition coefficient (Wildman–Crippen LogP) is 2.46. The first-order valence-corrected chi connectivity index (χ1v) is 6.97. The molecule has 0 bridgehead atoms. The van der Waals surface area contributed by atoms with Crippen molar-refractivity contribution in [3.63, 3.8) is 0 Å². The molecule has 2 aromatic rings. The second-order valence-electron chi connectivity index (χ2n) is 3.61. The van der Waals surface area contributed by atoms with Crippen molar-refractivity contribution < 1.29 is 0 Å². The van der Waals surface area contributed by atoms with Crippen LogP contribution in [0.3, 0.4) is 0 Å². The fourth-order valence-corrected chi connectivity index (χ4v) is 2.96. The number of hydrogen-bond acceptors (Lipinski definition) is 3. The first kappa shape index (κ1) is 12.5. The number of halogens is 1. The minimum atomic E-state index is 0.0492. The highest BCUT2D eigenvalue weighted by Crippen LogP contribution is 2.21. The Hall–Kier alpha value is -0.910. The Labute approximate surface area is 112 Å². The van der Waals surface area contributed by atoms with Crippen molar-refractivity contribution in [3.8, 4) is 0 Å². The molecule has 5 heteroatoms. The van der Waals surface area contributed by atoms with E-state index in [-0.39, 0.29) is 5.56 Å². The fraction of sp³-hybridized carbons (Fsp3) is 0.250. The number of hydrogen-bond donors (Lipinski definition) is 1. The first-order chi connectivity index (χ1) is 8.25. The maximum Gasteiger partial charge on any atom is 0.250 e. The van der Waals surface area contributed by atoms with Gasteiger partial charge in [0.05, 0.1) is 3.79 Å². The number of nitrogens with zero attached hydrogens (tertiary/aromatic N) is 1. The lowest BCUT2D eigenvalue weighted by molar-refractivity contribution is 0.588. The van der Waals surface area contributed by atoms with Crippen LogP contribution in [0.5, 0.6) is 0 Å². The molecule has 2 heterocycles. The van der Waals surface area contributed by atoms with Gasteiger partial charge in [0.2, 0.25) is 0 Å². The van der Waals surface area contributed by atoms with E-state index >= 15 is 0 Å². The van der Waals surface area contributed by atoms with Crippen LogP contribution in [0.25, 0.3) is 0 Å². The van der Waals surface area contributed by atoms with Crippen LogP contribution in [-0.4, -0.2) is 11.1 Å². The van der Waals surface area contributed by atoms with Crippen LogP contribution in [0.2, 0.25) is 0 Å². The van der Waals surface area contributed by atoms with E-state index < -0.39 is 0 Å². The molecule has 0 aromatic carbocycles. The molecule has 2 aromatic heterocycles. The minimum Gasteiger partial charge on any atom is -0.314 e. The quantitative estimate of drug-likeness (QED) is 0.861. The van der Waals surface area contributed by atoms with Crippen LogP contribution in [0.15, 0.2) is 45.1 Å². The highest BCUT2D eigenvalue weighted by Gasteiger charge is 1.97. The van der Waals surface area contributed by atoms with Crippen molar-refractivity contribution >= 4 is 27.3 Å². The van der Waals surface area contributed by atoms with Crippen molar-refractivity contribution in [2.45, 2.75) is 13.1 Å². The van der Waals surface area contributed by atoms with Crippen LogP contribution in [-0.2, 0) is 13.1 Å². The molecule has 0 amide bonds. The molecule has 17 heavy (non-hydrogen) atoms. The Balaban J connectivity index is 1.77. The van der Waals surface area contributed by atoms with E-state index in [0.29, 0.717) is 6.54 Å². The first-order valence-electron chi connectivity index (χ1n) is 5.36. The Morgan fingerprint density at radius 1 is 1.29 bits per heavy atom. The van der Waals surface area contributed by atoms with Gasteiger partial charge in [-0.25, -0.2) is 0 Å². The lowest BCUT2D eigenvalue weighted by Gasteiger charge is -2.05. The average molecular weight is 313 g/mol. The molecular formula is C12H13BrN2OS. The van der Waals surface area contributed by atoms with Crippen molar-refractivity contribution in [1.29, 1.82) is 0 Å². The Bertz CT molecular complexity index is 535. The van der Waals surface area contributed by atoms with Gasteiger partial charge in [0.25, 0.3) is 5.56 Å². The molecule has 1 N–H and O–H groups in total. The van der Waals surface area contributed by atoms with E-state index in [1.807, 2.05) is 18.3 Å². The summed E-state index contributed by atoms with van der Waals surface area (Å²) in [6.45, 7) is 2.34. The van der Waals surface area contributed by atoms with Gasteiger partial charge >= 0.3 is 0 Å². The third-order valence-electron chi connectivity index (χ3n) is 2.36. The van der Waals surface area contributed by atoms with Gasteiger partial charge in [0.1, 0.15) is 0 Å². The van der Waals surface area contributed by atoms with E-state index in [1.165, 1.54) is 4.88 Å². The van der Waals surface area contributed by atoms with Gasteiger partial charge in [-0.1, -0.05) is 6.07 Å². The summed E-state index contributed by atoms with van der Waals surface area (Å²) in [5, 5.41) is 3.32. The molecular weight excluding hydrogens is 300 g/mol. The lowest BCUT2D eigenvalue weighted by atomic mass is 10.4. The zero-order valence-corrected chi connectivity index (χ0v) is 11.6. The Morgan fingerprint density at radius 3 is 2.88 bits per heavy atom. The summed E-state index contributed by atoms with van der Waals surface area (Å²) < 4.78 is 2.85. The highest BCUT2D eigenvalue weighted by molar-refractivity contribution is 9.11. The highest BCUT2D eigenvalue weighted by atomic mass is 79.9. The summed E-state index contributed by atoms with van der Waals surface area (Å²) >= 11 is 5.16. The summed E-state index contributed by atoms with van der Waals surface area (Å²) in [5.74, 6) is 0. The SMILES string of the molecule is O=c1ccccn1CCNCc1ccc(Br)s1. The molecule has 0 saturated heterocycles. The number of thiophene rings is 1. The van der Waals surface area contributed by atoms with Gasteiger partial charge in [-0.2, -0.15) is 0 Å². The number of aromatic nitrogens is 1. The van der Waals surface area contributed by atoms with Gasteiger partial charge in [-0.05, 0) is 34.1 Å². The van der Waals surface area contributed by atoms with Gasteiger partial charge < -0.3 is 9.88 Å². The van der Waals surface area contributed by atoms with Crippen LogP contribution in [0.4, 0.5) is 0 Å². The zero-order valence-electron chi connectivity index (χ0n) is 9.23. The summed E-state index contributed by atoms with van der Waals surface area (Å²) in [6.07, 6.45) is 1.81. The van der Waals surface area contributed by atoms with Crippen molar-refractivity contribution in [3.05, 3.63) is 55.5 Å². The third-order valence-corrected chi connectivity index (χ3v) is 3.98. The smallest absolute Gasteiger partial charge is 0.250 e. The van der Waals surface area contributed by atoms with Crippen molar-refractivity contribution in [2.24, 2.45) is 0 Å². The molecule has 0 fully saturated rings. The van der Waals surface area contributed by atoms with Crippen LogP contribution >= 0.6 is 27.3 Å². The average Bonchev–Trinajstić information content (AvgIpc) is 2.73.